The second-order valence-electron chi connectivity index (χ2n) is 3.18. The van der Waals surface area contributed by atoms with Crippen LogP contribution in [0.5, 0.6) is 0 Å². The molecule has 0 atom stereocenters. The molecule has 1 N–H and O–H groups in total. The van der Waals surface area contributed by atoms with E-state index >= 15 is 0 Å². The molecule has 0 aliphatic carbocycles. The fraction of sp³-hybridized carbons (Fsp3) is 0.778. The summed E-state index contributed by atoms with van der Waals surface area (Å²) in [5.41, 5.74) is 0. The molecule has 0 radical (unpaired) electrons. The minimum absolute atomic E-state index is 0.152. The maximum absolute atomic E-state index is 11.6. The van der Waals surface area contributed by atoms with Crippen LogP contribution < -0.4 is 5.32 Å². The SMILES string of the molecule is CCN(CCC#N)C(=O)C1CNC1. The van der Waals surface area contributed by atoms with E-state index in [1.807, 2.05) is 6.92 Å². The Morgan fingerprint density at radius 2 is 2.38 bits per heavy atom. The van der Waals surface area contributed by atoms with Crippen LogP contribution in [0.25, 0.3) is 0 Å². The molecule has 4 nitrogen and oxygen atoms in total. The molecular formula is C9H15N3O. The van der Waals surface area contributed by atoms with Gasteiger partial charge in [0.1, 0.15) is 0 Å². The molecular weight excluding hydrogens is 166 g/mol. The number of rotatable bonds is 4. The summed E-state index contributed by atoms with van der Waals surface area (Å²) in [6.07, 6.45) is 0.430. The van der Waals surface area contributed by atoms with Crippen molar-refractivity contribution in [1.82, 2.24) is 10.2 Å². The van der Waals surface area contributed by atoms with Crippen molar-refractivity contribution in [2.45, 2.75) is 13.3 Å². The van der Waals surface area contributed by atoms with Gasteiger partial charge in [0, 0.05) is 26.2 Å². The molecule has 0 aromatic heterocycles. The van der Waals surface area contributed by atoms with Gasteiger partial charge in [-0.3, -0.25) is 4.79 Å². The lowest BCUT2D eigenvalue weighted by atomic mass is 10.0. The second-order valence-corrected chi connectivity index (χ2v) is 3.18. The number of hydrogen-bond acceptors (Lipinski definition) is 3. The third-order valence-corrected chi connectivity index (χ3v) is 2.32. The number of nitriles is 1. The van der Waals surface area contributed by atoms with Gasteiger partial charge in [-0.05, 0) is 6.92 Å². The van der Waals surface area contributed by atoms with Gasteiger partial charge < -0.3 is 10.2 Å². The number of carbonyl (C=O) groups is 1. The largest absolute Gasteiger partial charge is 0.342 e. The quantitative estimate of drug-likeness (QED) is 0.662. The molecule has 0 aromatic rings. The molecule has 1 aliphatic heterocycles. The maximum atomic E-state index is 11.6. The number of nitrogens with one attached hydrogen (secondary N) is 1. The van der Waals surface area contributed by atoms with Gasteiger partial charge in [0.05, 0.1) is 18.4 Å². The topological polar surface area (TPSA) is 56.1 Å². The van der Waals surface area contributed by atoms with Crippen molar-refractivity contribution in [2.75, 3.05) is 26.2 Å². The summed E-state index contributed by atoms with van der Waals surface area (Å²) in [4.78, 5) is 13.4. The zero-order valence-electron chi connectivity index (χ0n) is 7.92. The van der Waals surface area contributed by atoms with Gasteiger partial charge in [-0.25, -0.2) is 0 Å². The Bertz CT molecular complexity index is 217. The average Bonchev–Trinajstić information content (AvgIpc) is 2.02. The molecule has 72 valence electrons. The lowest BCUT2D eigenvalue weighted by Crippen LogP contribution is -2.52. The fourth-order valence-corrected chi connectivity index (χ4v) is 1.33. The van der Waals surface area contributed by atoms with Crippen LogP contribution in [0.3, 0.4) is 0 Å². The van der Waals surface area contributed by atoms with Crippen molar-refractivity contribution in [2.24, 2.45) is 5.92 Å². The predicted molar refractivity (Wildman–Crippen MR) is 48.8 cm³/mol. The Labute approximate surface area is 78.5 Å². The molecule has 1 aliphatic rings. The molecule has 0 bridgehead atoms. The van der Waals surface area contributed by atoms with Crippen molar-refractivity contribution in [3.63, 3.8) is 0 Å². The third kappa shape index (κ3) is 2.43. The number of hydrogen-bond donors (Lipinski definition) is 1. The molecule has 0 saturated carbocycles. The number of nitrogens with zero attached hydrogens (tertiary/aromatic N) is 2. The zero-order chi connectivity index (χ0) is 9.68. The van der Waals surface area contributed by atoms with E-state index in [4.69, 9.17) is 5.26 Å². The van der Waals surface area contributed by atoms with E-state index in [1.165, 1.54) is 0 Å². The van der Waals surface area contributed by atoms with Gasteiger partial charge in [-0.15, -0.1) is 0 Å². The van der Waals surface area contributed by atoms with Crippen LogP contribution in [-0.4, -0.2) is 37.0 Å². The van der Waals surface area contributed by atoms with Crippen molar-refractivity contribution in [3.05, 3.63) is 0 Å². The lowest BCUT2D eigenvalue weighted by molar-refractivity contribution is -0.136. The number of amides is 1. The Morgan fingerprint density at radius 3 is 2.77 bits per heavy atom. The highest BCUT2D eigenvalue weighted by Gasteiger charge is 2.28. The van der Waals surface area contributed by atoms with E-state index in [1.54, 1.807) is 4.90 Å². The van der Waals surface area contributed by atoms with Crippen LogP contribution in [-0.2, 0) is 4.79 Å². The Hall–Kier alpha value is -1.08. The van der Waals surface area contributed by atoms with Gasteiger partial charge in [0.2, 0.25) is 5.91 Å². The third-order valence-electron chi connectivity index (χ3n) is 2.32. The zero-order valence-corrected chi connectivity index (χ0v) is 7.92. The monoisotopic (exact) mass is 181 g/mol. The Kier molecular flexibility index (Phi) is 3.71. The average molecular weight is 181 g/mol. The lowest BCUT2D eigenvalue weighted by Gasteiger charge is -2.31. The highest BCUT2D eigenvalue weighted by molar-refractivity contribution is 5.80. The van der Waals surface area contributed by atoms with Crippen molar-refractivity contribution < 1.29 is 4.79 Å². The van der Waals surface area contributed by atoms with E-state index in [-0.39, 0.29) is 11.8 Å². The molecule has 4 heteroatoms. The molecule has 1 rings (SSSR count). The summed E-state index contributed by atoms with van der Waals surface area (Å²) in [5.74, 6) is 0.343. The molecule has 0 aromatic carbocycles. The maximum Gasteiger partial charge on any atom is 0.228 e. The molecule has 1 amide bonds. The summed E-state index contributed by atoms with van der Waals surface area (Å²) in [5, 5.41) is 11.5. The summed E-state index contributed by atoms with van der Waals surface area (Å²) >= 11 is 0. The molecule has 0 spiro atoms. The van der Waals surface area contributed by atoms with Crippen LogP contribution in [0.2, 0.25) is 0 Å². The summed E-state index contributed by atoms with van der Waals surface area (Å²) in [7, 11) is 0. The van der Waals surface area contributed by atoms with E-state index in [0.29, 0.717) is 19.5 Å². The van der Waals surface area contributed by atoms with Gasteiger partial charge in [0.25, 0.3) is 0 Å². The van der Waals surface area contributed by atoms with Gasteiger partial charge in [-0.2, -0.15) is 5.26 Å². The normalized spacial score (nSPS) is 16.0. The summed E-state index contributed by atoms with van der Waals surface area (Å²) in [6.45, 7) is 4.81. The number of carbonyl (C=O) groups excluding carboxylic acids is 1. The molecule has 13 heavy (non-hydrogen) atoms. The smallest absolute Gasteiger partial charge is 0.228 e. The van der Waals surface area contributed by atoms with Crippen LogP contribution in [0.1, 0.15) is 13.3 Å². The van der Waals surface area contributed by atoms with E-state index < -0.39 is 0 Å². The minimum atomic E-state index is 0.152. The molecule has 1 saturated heterocycles. The van der Waals surface area contributed by atoms with Gasteiger partial charge >= 0.3 is 0 Å². The first-order valence-corrected chi connectivity index (χ1v) is 4.66. The Balaban J connectivity index is 2.36. The van der Waals surface area contributed by atoms with E-state index in [0.717, 1.165) is 13.1 Å². The molecule has 1 fully saturated rings. The van der Waals surface area contributed by atoms with Crippen LogP contribution in [0.4, 0.5) is 0 Å². The second kappa shape index (κ2) is 4.83. The molecule has 1 heterocycles. The summed E-state index contributed by atoms with van der Waals surface area (Å²) in [6, 6.07) is 2.05. The highest BCUT2D eigenvalue weighted by atomic mass is 16.2. The van der Waals surface area contributed by atoms with Crippen molar-refractivity contribution in [1.29, 1.82) is 5.26 Å². The molecule has 0 unspecified atom stereocenters. The van der Waals surface area contributed by atoms with Crippen molar-refractivity contribution >= 4 is 5.91 Å². The summed E-state index contributed by atoms with van der Waals surface area (Å²) < 4.78 is 0. The van der Waals surface area contributed by atoms with E-state index in [9.17, 15) is 4.79 Å². The van der Waals surface area contributed by atoms with Gasteiger partial charge in [0.15, 0.2) is 0 Å². The minimum Gasteiger partial charge on any atom is -0.342 e. The highest BCUT2D eigenvalue weighted by Crippen LogP contribution is 2.08. The van der Waals surface area contributed by atoms with E-state index in [2.05, 4.69) is 11.4 Å². The van der Waals surface area contributed by atoms with Crippen LogP contribution >= 0.6 is 0 Å². The van der Waals surface area contributed by atoms with Crippen LogP contribution in [0, 0.1) is 17.2 Å². The van der Waals surface area contributed by atoms with Gasteiger partial charge in [-0.1, -0.05) is 0 Å². The standard InChI is InChI=1S/C9H15N3O/c1-2-12(5-3-4-10)9(13)8-6-11-7-8/h8,11H,2-3,5-7H2,1H3. The first kappa shape index (κ1) is 10.0. The Morgan fingerprint density at radius 1 is 1.69 bits per heavy atom. The fourth-order valence-electron chi connectivity index (χ4n) is 1.33. The van der Waals surface area contributed by atoms with Crippen molar-refractivity contribution in [3.8, 4) is 6.07 Å². The predicted octanol–water partition coefficient (Wildman–Crippen LogP) is -0.0320. The van der Waals surface area contributed by atoms with Crippen LogP contribution in [0.15, 0.2) is 0 Å². The first-order valence-electron chi connectivity index (χ1n) is 4.66. The first-order chi connectivity index (χ1) is 6.29.